The largest absolute Gasteiger partial charge is 0.481 e. The molecule has 1 amide bonds. The van der Waals surface area contributed by atoms with Gasteiger partial charge in [-0.3, -0.25) is 9.59 Å². The number of carbonyl (C=O) groups is 2. The average molecular weight is 290 g/mol. The number of rotatable bonds is 4. The highest BCUT2D eigenvalue weighted by Gasteiger charge is 2.31. The minimum Gasteiger partial charge on any atom is -0.481 e. The average Bonchev–Trinajstić information content (AvgIpc) is 2.46. The summed E-state index contributed by atoms with van der Waals surface area (Å²) in [5.41, 5.74) is 7.44. The molecule has 0 aromatic heterocycles. The zero-order chi connectivity index (χ0) is 15.4. The quantitative estimate of drug-likeness (QED) is 0.830. The molecule has 1 aliphatic heterocycles. The lowest BCUT2D eigenvalue weighted by molar-refractivity contribution is -0.147. The number of carboxylic acid groups (broad SMARTS) is 1. The predicted molar refractivity (Wildman–Crippen MR) is 80.7 cm³/mol. The lowest BCUT2D eigenvalue weighted by atomic mass is 9.91. The fourth-order valence-electron chi connectivity index (χ4n) is 2.85. The molecule has 1 aromatic rings. The lowest BCUT2D eigenvalue weighted by Crippen LogP contribution is -2.46. The van der Waals surface area contributed by atoms with Gasteiger partial charge in [0.05, 0.1) is 5.92 Å². The summed E-state index contributed by atoms with van der Waals surface area (Å²) in [6.45, 7) is 2.47. The van der Waals surface area contributed by atoms with Gasteiger partial charge in [-0.05, 0) is 43.9 Å². The molecule has 1 fully saturated rings. The van der Waals surface area contributed by atoms with E-state index in [1.165, 1.54) is 0 Å². The van der Waals surface area contributed by atoms with Crippen molar-refractivity contribution in [3.63, 3.8) is 0 Å². The van der Waals surface area contributed by atoms with Crippen LogP contribution in [0.25, 0.3) is 0 Å². The Hall–Kier alpha value is -2.04. The van der Waals surface area contributed by atoms with Crippen molar-refractivity contribution in [2.24, 2.45) is 5.92 Å². The number of nitrogen functional groups attached to an aromatic ring is 1. The molecule has 2 unspecified atom stereocenters. The van der Waals surface area contributed by atoms with Gasteiger partial charge in [0.15, 0.2) is 0 Å². The van der Waals surface area contributed by atoms with Crippen LogP contribution < -0.4 is 5.73 Å². The number of aryl methyl sites for hydroxylation is 1. The fourth-order valence-corrected chi connectivity index (χ4v) is 2.85. The number of piperidine rings is 1. The molecule has 114 valence electrons. The van der Waals surface area contributed by atoms with Gasteiger partial charge in [-0.2, -0.15) is 0 Å². The number of aliphatic carboxylic acids is 1. The summed E-state index contributed by atoms with van der Waals surface area (Å²) in [4.78, 5) is 25.1. The van der Waals surface area contributed by atoms with E-state index in [1.54, 1.807) is 0 Å². The van der Waals surface area contributed by atoms with Gasteiger partial charge in [0.25, 0.3) is 0 Å². The van der Waals surface area contributed by atoms with Crippen molar-refractivity contribution in [3.8, 4) is 0 Å². The molecule has 1 aromatic carbocycles. The summed E-state index contributed by atoms with van der Waals surface area (Å²) in [5, 5.41) is 9.04. The highest BCUT2D eigenvalue weighted by Crippen LogP contribution is 2.24. The Morgan fingerprint density at radius 1 is 1.33 bits per heavy atom. The molecule has 3 N–H and O–H groups in total. The second-order valence-electron chi connectivity index (χ2n) is 5.74. The third-order valence-electron chi connectivity index (χ3n) is 4.15. The Morgan fingerprint density at radius 3 is 2.57 bits per heavy atom. The number of carboxylic acids is 1. The summed E-state index contributed by atoms with van der Waals surface area (Å²) >= 11 is 0. The van der Waals surface area contributed by atoms with E-state index in [1.807, 2.05) is 36.1 Å². The van der Waals surface area contributed by atoms with Gasteiger partial charge in [-0.1, -0.05) is 12.1 Å². The summed E-state index contributed by atoms with van der Waals surface area (Å²) in [6.07, 6.45) is 2.23. The first-order valence-corrected chi connectivity index (χ1v) is 7.34. The van der Waals surface area contributed by atoms with Crippen molar-refractivity contribution in [3.05, 3.63) is 29.8 Å². The molecule has 1 saturated heterocycles. The molecule has 0 saturated carbocycles. The van der Waals surface area contributed by atoms with Gasteiger partial charge < -0.3 is 15.7 Å². The van der Waals surface area contributed by atoms with Crippen LogP contribution in [0.2, 0.25) is 0 Å². The predicted octanol–water partition coefficient (Wildman–Crippen LogP) is 1.91. The molecule has 0 aliphatic carbocycles. The third-order valence-corrected chi connectivity index (χ3v) is 4.15. The van der Waals surface area contributed by atoms with Crippen LogP contribution in [-0.2, 0) is 16.0 Å². The first-order valence-electron chi connectivity index (χ1n) is 7.34. The second-order valence-corrected chi connectivity index (χ2v) is 5.74. The van der Waals surface area contributed by atoms with Crippen LogP contribution in [0.5, 0.6) is 0 Å². The fraction of sp³-hybridized carbons (Fsp3) is 0.500. The van der Waals surface area contributed by atoms with E-state index < -0.39 is 5.97 Å². The zero-order valence-electron chi connectivity index (χ0n) is 12.3. The van der Waals surface area contributed by atoms with E-state index in [0.29, 0.717) is 32.2 Å². The maximum absolute atomic E-state index is 12.3. The van der Waals surface area contributed by atoms with E-state index in [-0.39, 0.29) is 17.9 Å². The Bertz CT molecular complexity index is 513. The van der Waals surface area contributed by atoms with Crippen LogP contribution >= 0.6 is 0 Å². The molecule has 0 bridgehead atoms. The van der Waals surface area contributed by atoms with Gasteiger partial charge in [0.2, 0.25) is 5.91 Å². The summed E-state index contributed by atoms with van der Waals surface area (Å²) in [7, 11) is 0. The van der Waals surface area contributed by atoms with E-state index in [2.05, 4.69) is 0 Å². The van der Waals surface area contributed by atoms with Gasteiger partial charge in [-0.25, -0.2) is 0 Å². The maximum Gasteiger partial charge on any atom is 0.306 e. The monoisotopic (exact) mass is 290 g/mol. The maximum atomic E-state index is 12.3. The lowest BCUT2D eigenvalue weighted by Gasteiger charge is -2.36. The number of nitrogens with zero attached hydrogens (tertiary/aromatic N) is 1. The van der Waals surface area contributed by atoms with E-state index in [9.17, 15) is 9.59 Å². The molecule has 0 spiro atoms. The summed E-state index contributed by atoms with van der Waals surface area (Å²) in [6, 6.07) is 7.53. The molecule has 1 heterocycles. The van der Waals surface area contributed by atoms with Crippen LogP contribution in [-0.4, -0.2) is 34.5 Å². The molecule has 2 atom stereocenters. The number of benzene rings is 1. The Balaban J connectivity index is 1.86. The van der Waals surface area contributed by atoms with Gasteiger partial charge >= 0.3 is 5.97 Å². The van der Waals surface area contributed by atoms with Gasteiger partial charge in [0.1, 0.15) is 0 Å². The normalized spacial score (nSPS) is 22.0. The van der Waals surface area contributed by atoms with E-state index in [4.69, 9.17) is 10.8 Å². The van der Waals surface area contributed by atoms with Crippen molar-refractivity contribution in [2.45, 2.75) is 38.6 Å². The third kappa shape index (κ3) is 3.97. The van der Waals surface area contributed by atoms with Crippen molar-refractivity contribution >= 4 is 17.6 Å². The molecular weight excluding hydrogens is 268 g/mol. The van der Waals surface area contributed by atoms with Gasteiger partial charge in [0, 0.05) is 24.7 Å². The number of nitrogens with two attached hydrogens (primary N) is 1. The molecule has 21 heavy (non-hydrogen) atoms. The number of hydrogen-bond donors (Lipinski definition) is 2. The standard InChI is InChI=1S/C16H22N2O3/c1-11-10-13(16(20)21)8-9-18(11)15(19)7-4-12-2-5-14(17)6-3-12/h2-3,5-6,11,13H,4,7-10,17H2,1H3,(H,20,21). The number of hydrogen-bond acceptors (Lipinski definition) is 3. The van der Waals surface area contributed by atoms with Crippen molar-refractivity contribution < 1.29 is 14.7 Å². The van der Waals surface area contributed by atoms with Crippen LogP contribution in [0.3, 0.4) is 0 Å². The number of likely N-dealkylation sites (tertiary alicyclic amines) is 1. The van der Waals surface area contributed by atoms with Crippen LogP contribution in [0, 0.1) is 5.92 Å². The van der Waals surface area contributed by atoms with Crippen molar-refractivity contribution in [2.75, 3.05) is 12.3 Å². The molecule has 2 rings (SSSR count). The Labute approximate surface area is 124 Å². The SMILES string of the molecule is CC1CC(C(=O)O)CCN1C(=O)CCc1ccc(N)cc1. The molecule has 0 radical (unpaired) electrons. The number of amides is 1. The van der Waals surface area contributed by atoms with E-state index in [0.717, 1.165) is 11.3 Å². The zero-order valence-corrected chi connectivity index (χ0v) is 12.3. The minimum atomic E-state index is -0.754. The summed E-state index contributed by atoms with van der Waals surface area (Å²) < 4.78 is 0. The summed E-state index contributed by atoms with van der Waals surface area (Å²) in [5.74, 6) is -0.972. The smallest absolute Gasteiger partial charge is 0.306 e. The Morgan fingerprint density at radius 2 is 2.00 bits per heavy atom. The Kier molecular flexibility index (Phi) is 4.83. The van der Waals surface area contributed by atoms with Gasteiger partial charge in [-0.15, -0.1) is 0 Å². The second kappa shape index (κ2) is 6.61. The topological polar surface area (TPSA) is 83.6 Å². The number of carbonyl (C=O) groups excluding carboxylic acids is 1. The number of anilines is 1. The van der Waals surface area contributed by atoms with Crippen LogP contribution in [0.4, 0.5) is 5.69 Å². The van der Waals surface area contributed by atoms with Crippen molar-refractivity contribution in [1.29, 1.82) is 0 Å². The molecular formula is C16H22N2O3. The molecule has 1 aliphatic rings. The highest BCUT2D eigenvalue weighted by atomic mass is 16.4. The highest BCUT2D eigenvalue weighted by molar-refractivity contribution is 5.77. The minimum absolute atomic E-state index is 0.00114. The van der Waals surface area contributed by atoms with Crippen molar-refractivity contribution in [1.82, 2.24) is 4.90 Å². The molecule has 5 nitrogen and oxygen atoms in total. The molecule has 5 heteroatoms. The first kappa shape index (κ1) is 15.4. The van der Waals surface area contributed by atoms with E-state index >= 15 is 0 Å². The van der Waals surface area contributed by atoms with Crippen LogP contribution in [0.1, 0.15) is 31.7 Å². The first-order chi connectivity index (χ1) is 9.97. The van der Waals surface area contributed by atoms with Crippen LogP contribution in [0.15, 0.2) is 24.3 Å².